The van der Waals surface area contributed by atoms with Gasteiger partial charge in [0.1, 0.15) is 12.4 Å². The summed E-state index contributed by atoms with van der Waals surface area (Å²) in [5.41, 5.74) is 4.77. The van der Waals surface area contributed by atoms with E-state index in [0.717, 1.165) is 45.0 Å². The third kappa shape index (κ3) is 4.97. The normalized spacial score (nSPS) is 24.9. The zero-order valence-corrected chi connectivity index (χ0v) is 19.1. The van der Waals surface area contributed by atoms with E-state index in [-0.39, 0.29) is 0 Å². The fraction of sp³-hybridized carbons (Fsp3) is 0.556. The Morgan fingerprint density at radius 2 is 1.68 bits per heavy atom. The molecule has 2 fully saturated rings. The minimum absolute atomic E-state index is 0.555. The Hall–Kier alpha value is -1.88. The van der Waals surface area contributed by atoms with Crippen molar-refractivity contribution in [3.05, 3.63) is 65.2 Å². The van der Waals surface area contributed by atoms with Gasteiger partial charge in [-0.15, -0.1) is 0 Å². The van der Waals surface area contributed by atoms with Crippen LogP contribution in [-0.4, -0.2) is 67.1 Å². The summed E-state index contributed by atoms with van der Waals surface area (Å²) in [6.07, 6.45) is 3.84. The number of fused-ring (bicyclic) bond motifs is 1. The van der Waals surface area contributed by atoms with Crippen LogP contribution in [0.2, 0.25) is 0 Å². The Balaban J connectivity index is 1.20. The Morgan fingerprint density at radius 3 is 2.48 bits per heavy atom. The molecule has 0 amide bonds. The highest BCUT2D eigenvalue weighted by Crippen LogP contribution is 2.40. The second-order valence-electron chi connectivity index (χ2n) is 9.88. The molecule has 3 aliphatic heterocycles. The molecular formula is C27H37N3O. The molecule has 2 saturated heterocycles. The zero-order chi connectivity index (χ0) is 21.1. The van der Waals surface area contributed by atoms with Gasteiger partial charge in [0.2, 0.25) is 0 Å². The van der Waals surface area contributed by atoms with Crippen molar-refractivity contribution in [2.75, 3.05) is 52.4 Å². The van der Waals surface area contributed by atoms with Crippen molar-refractivity contribution >= 4 is 0 Å². The van der Waals surface area contributed by atoms with E-state index in [0.29, 0.717) is 5.41 Å². The van der Waals surface area contributed by atoms with Crippen molar-refractivity contribution in [2.45, 2.75) is 39.3 Å². The highest BCUT2D eigenvalue weighted by Gasteiger charge is 2.42. The van der Waals surface area contributed by atoms with Crippen LogP contribution in [0, 0.1) is 5.41 Å². The maximum absolute atomic E-state index is 6.10. The van der Waals surface area contributed by atoms with Crippen LogP contribution in [0.15, 0.2) is 48.5 Å². The maximum Gasteiger partial charge on any atom is 0.123 e. The van der Waals surface area contributed by atoms with Crippen molar-refractivity contribution in [1.82, 2.24) is 14.7 Å². The monoisotopic (exact) mass is 419 g/mol. The van der Waals surface area contributed by atoms with Crippen molar-refractivity contribution in [1.29, 1.82) is 0 Å². The van der Waals surface area contributed by atoms with Crippen LogP contribution in [0.1, 0.15) is 36.5 Å². The first-order valence-electron chi connectivity index (χ1n) is 12.2. The van der Waals surface area contributed by atoms with E-state index in [2.05, 4.69) is 70.2 Å². The van der Waals surface area contributed by atoms with Gasteiger partial charge in [-0.05, 0) is 67.6 Å². The molecule has 4 nitrogen and oxygen atoms in total. The Labute approximate surface area is 187 Å². The minimum atomic E-state index is 0.555. The SMILES string of the molecule is CCN1CCC2(CCN(Cc3ccc4c(c3)CN(CCc3ccccc3)CCO4)C2)C1. The van der Waals surface area contributed by atoms with Crippen LogP contribution >= 0.6 is 0 Å². The molecule has 2 aromatic rings. The van der Waals surface area contributed by atoms with Gasteiger partial charge in [-0.25, -0.2) is 0 Å². The van der Waals surface area contributed by atoms with Crippen LogP contribution in [-0.2, 0) is 19.5 Å². The van der Waals surface area contributed by atoms with Gasteiger partial charge < -0.3 is 9.64 Å². The third-order valence-electron chi connectivity index (χ3n) is 7.63. The highest BCUT2D eigenvalue weighted by atomic mass is 16.5. The van der Waals surface area contributed by atoms with E-state index in [1.165, 1.54) is 62.3 Å². The molecule has 31 heavy (non-hydrogen) atoms. The summed E-state index contributed by atoms with van der Waals surface area (Å²) in [6, 6.07) is 17.7. The summed E-state index contributed by atoms with van der Waals surface area (Å²) in [6.45, 7) is 13.5. The van der Waals surface area contributed by atoms with Gasteiger partial charge in [-0.1, -0.05) is 43.3 Å². The number of benzene rings is 2. The quantitative estimate of drug-likeness (QED) is 0.703. The summed E-state index contributed by atoms with van der Waals surface area (Å²) in [5, 5.41) is 0. The molecule has 3 heterocycles. The van der Waals surface area contributed by atoms with E-state index in [4.69, 9.17) is 4.74 Å². The maximum atomic E-state index is 6.10. The first kappa shape index (κ1) is 21.0. The summed E-state index contributed by atoms with van der Waals surface area (Å²) in [4.78, 5) is 7.87. The van der Waals surface area contributed by atoms with Gasteiger partial charge >= 0.3 is 0 Å². The van der Waals surface area contributed by atoms with Crippen molar-refractivity contribution in [3.8, 4) is 5.75 Å². The highest BCUT2D eigenvalue weighted by molar-refractivity contribution is 5.38. The van der Waals surface area contributed by atoms with Gasteiger partial charge in [0.05, 0.1) is 0 Å². The van der Waals surface area contributed by atoms with E-state index >= 15 is 0 Å². The number of nitrogens with zero attached hydrogens (tertiary/aromatic N) is 3. The summed E-state index contributed by atoms with van der Waals surface area (Å²) >= 11 is 0. The molecule has 2 aromatic carbocycles. The van der Waals surface area contributed by atoms with Crippen LogP contribution < -0.4 is 4.74 Å². The van der Waals surface area contributed by atoms with Crippen LogP contribution in [0.4, 0.5) is 0 Å². The predicted octanol–water partition coefficient (Wildman–Crippen LogP) is 4.04. The second-order valence-corrected chi connectivity index (χ2v) is 9.88. The summed E-state index contributed by atoms with van der Waals surface area (Å²) in [5.74, 6) is 1.08. The molecule has 0 bridgehead atoms. The van der Waals surface area contributed by atoms with Crippen molar-refractivity contribution in [2.24, 2.45) is 5.41 Å². The molecule has 0 aromatic heterocycles. The zero-order valence-electron chi connectivity index (χ0n) is 19.1. The largest absolute Gasteiger partial charge is 0.492 e. The van der Waals surface area contributed by atoms with Crippen molar-refractivity contribution < 1.29 is 4.74 Å². The van der Waals surface area contributed by atoms with Gasteiger partial charge in [-0.3, -0.25) is 9.80 Å². The van der Waals surface area contributed by atoms with E-state index in [1.54, 1.807) is 0 Å². The first-order chi connectivity index (χ1) is 15.2. The fourth-order valence-corrected chi connectivity index (χ4v) is 5.77. The molecule has 0 aliphatic carbocycles. The topological polar surface area (TPSA) is 19.0 Å². The van der Waals surface area contributed by atoms with E-state index in [1.807, 2.05) is 0 Å². The molecule has 4 heteroatoms. The molecule has 1 atom stereocenters. The average molecular weight is 420 g/mol. The molecule has 0 radical (unpaired) electrons. The molecule has 1 spiro atoms. The predicted molar refractivity (Wildman–Crippen MR) is 126 cm³/mol. The lowest BCUT2D eigenvalue weighted by Gasteiger charge is -2.25. The minimum Gasteiger partial charge on any atom is -0.492 e. The number of ether oxygens (including phenoxy) is 1. The molecule has 0 saturated carbocycles. The smallest absolute Gasteiger partial charge is 0.123 e. The number of rotatable bonds is 6. The van der Waals surface area contributed by atoms with Gasteiger partial charge in [0.15, 0.2) is 0 Å². The Morgan fingerprint density at radius 1 is 0.871 bits per heavy atom. The first-order valence-corrected chi connectivity index (χ1v) is 12.2. The van der Waals surface area contributed by atoms with Gasteiger partial charge in [0, 0.05) is 44.8 Å². The van der Waals surface area contributed by atoms with Gasteiger partial charge in [-0.2, -0.15) is 0 Å². The summed E-state index contributed by atoms with van der Waals surface area (Å²) < 4.78 is 6.10. The number of hydrogen-bond donors (Lipinski definition) is 0. The lowest BCUT2D eigenvalue weighted by Crippen LogP contribution is -2.30. The number of hydrogen-bond acceptors (Lipinski definition) is 4. The van der Waals surface area contributed by atoms with Crippen molar-refractivity contribution in [3.63, 3.8) is 0 Å². The van der Waals surface area contributed by atoms with E-state index < -0.39 is 0 Å². The summed E-state index contributed by atoms with van der Waals surface area (Å²) in [7, 11) is 0. The molecular weight excluding hydrogens is 382 g/mol. The van der Waals surface area contributed by atoms with Crippen LogP contribution in [0.5, 0.6) is 5.75 Å². The molecule has 0 N–H and O–H groups in total. The van der Waals surface area contributed by atoms with Gasteiger partial charge in [0.25, 0.3) is 0 Å². The van der Waals surface area contributed by atoms with Crippen LogP contribution in [0.3, 0.4) is 0 Å². The molecule has 1 unspecified atom stereocenters. The average Bonchev–Trinajstić information content (AvgIpc) is 3.33. The lowest BCUT2D eigenvalue weighted by molar-refractivity contribution is 0.228. The Kier molecular flexibility index (Phi) is 6.31. The number of likely N-dealkylation sites (tertiary alicyclic amines) is 2. The van der Waals surface area contributed by atoms with Crippen LogP contribution in [0.25, 0.3) is 0 Å². The third-order valence-corrected chi connectivity index (χ3v) is 7.63. The molecule has 3 aliphatic rings. The molecule has 5 rings (SSSR count). The Bertz CT molecular complexity index is 870. The lowest BCUT2D eigenvalue weighted by atomic mass is 9.86. The van der Waals surface area contributed by atoms with E-state index in [9.17, 15) is 0 Å². The fourth-order valence-electron chi connectivity index (χ4n) is 5.77. The standard InChI is InChI=1S/C27H37N3O/c1-2-28-14-11-27(21-28)12-15-30(22-27)19-24-8-9-26-25(18-24)20-29(16-17-31-26)13-10-23-6-4-3-5-7-23/h3-9,18H,2,10-17,19-22H2,1H3. The second kappa shape index (κ2) is 9.32. The molecule has 166 valence electrons.